The highest BCUT2D eigenvalue weighted by Crippen LogP contribution is 2.18. The van der Waals surface area contributed by atoms with Crippen LogP contribution in [0, 0.1) is 11.7 Å². The van der Waals surface area contributed by atoms with Gasteiger partial charge in [0.15, 0.2) is 0 Å². The molecule has 0 radical (unpaired) electrons. The first-order chi connectivity index (χ1) is 13.2. The van der Waals surface area contributed by atoms with E-state index in [2.05, 4.69) is 15.5 Å². The summed E-state index contributed by atoms with van der Waals surface area (Å²) in [6.45, 7) is 5.59. The Hall–Kier alpha value is -1.08. The minimum atomic E-state index is -0.248. The number of hydrogen-bond acceptors (Lipinski definition) is 4. The van der Waals surface area contributed by atoms with Crippen LogP contribution in [0.4, 0.5) is 4.39 Å². The second kappa shape index (κ2) is 14.0. The Morgan fingerprint density at radius 2 is 1.76 bits per heavy atom. The van der Waals surface area contributed by atoms with Crippen LogP contribution in [-0.4, -0.2) is 56.2 Å². The summed E-state index contributed by atoms with van der Waals surface area (Å²) in [5.41, 5.74) is 0. The van der Waals surface area contributed by atoms with Crippen LogP contribution >= 0.6 is 24.8 Å². The average Bonchev–Trinajstić information content (AvgIpc) is 2.70. The predicted molar refractivity (Wildman–Crippen MR) is 119 cm³/mol. The molecule has 2 fully saturated rings. The van der Waals surface area contributed by atoms with E-state index in [1.807, 2.05) is 0 Å². The van der Waals surface area contributed by atoms with Crippen LogP contribution in [0.2, 0.25) is 0 Å². The summed E-state index contributed by atoms with van der Waals surface area (Å²) in [7, 11) is 0. The van der Waals surface area contributed by atoms with Gasteiger partial charge in [0.05, 0.1) is 0 Å². The van der Waals surface area contributed by atoms with Gasteiger partial charge in [0.25, 0.3) is 0 Å². The van der Waals surface area contributed by atoms with E-state index >= 15 is 0 Å². The van der Waals surface area contributed by atoms with Crippen molar-refractivity contribution in [3.63, 3.8) is 0 Å². The lowest BCUT2D eigenvalue weighted by atomic mass is 9.93. The quantitative estimate of drug-likeness (QED) is 0.638. The first-order valence-electron chi connectivity index (χ1n) is 10.3. The number of likely N-dealkylation sites (tertiary alicyclic amines) is 1. The zero-order valence-corrected chi connectivity index (χ0v) is 18.5. The fraction of sp³-hybridized carbons (Fsp3) is 0.667. The van der Waals surface area contributed by atoms with Crippen LogP contribution in [0.1, 0.15) is 38.5 Å². The van der Waals surface area contributed by atoms with E-state index in [4.69, 9.17) is 4.74 Å². The third kappa shape index (κ3) is 9.51. The fourth-order valence-corrected chi connectivity index (χ4v) is 3.93. The Balaban J connectivity index is 0.00000210. The monoisotopic (exact) mass is 449 g/mol. The molecule has 29 heavy (non-hydrogen) atoms. The molecule has 0 aromatic heterocycles. The van der Waals surface area contributed by atoms with Gasteiger partial charge in [0, 0.05) is 32.1 Å². The van der Waals surface area contributed by atoms with E-state index in [1.165, 1.54) is 25.0 Å². The summed E-state index contributed by atoms with van der Waals surface area (Å²) in [4.78, 5) is 14.6. The molecule has 0 atom stereocenters. The van der Waals surface area contributed by atoms with E-state index < -0.39 is 0 Å². The first-order valence-corrected chi connectivity index (χ1v) is 10.3. The molecule has 5 nitrogen and oxygen atoms in total. The number of carbonyl (C=O) groups is 1. The number of hydrogen-bond donors (Lipinski definition) is 2. The molecule has 2 N–H and O–H groups in total. The second-order valence-corrected chi connectivity index (χ2v) is 7.72. The summed E-state index contributed by atoms with van der Waals surface area (Å²) in [6, 6.07) is 6.44. The molecular formula is C21H34Cl2FN3O2. The van der Waals surface area contributed by atoms with E-state index in [0.29, 0.717) is 30.7 Å². The Labute approximate surface area is 186 Å². The van der Waals surface area contributed by atoms with Gasteiger partial charge >= 0.3 is 0 Å². The van der Waals surface area contributed by atoms with E-state index in [9.17, 15) is 9.18 Å². The number of nitrogens with one attached hydrogen (secondary N) is 2. The van der Waals surface area contributed by atoms with Crippen molar-refractivity contribution in [2.45, 2.75) is 44.6 Å². The second-order valence-electron chi connectivity index (χ2n) is 7.72. The van der Waals surface area contributed by atoms with Crippen molar-refractivity contribution < 1.29 is 13.9 Å². The maximum atomic E-state index is 12.9. The normalized spacial score (nSPS) is 18.4. The number of ether oxygens (including phenoxy) is 1. The summed E-state index contributed by atoms with van der Waals surface area (Å²) in [5, 5.41) is 6.59. The van der Waals surface area contributed by atoms with E-state index in [1.54, 1.807) is 12.1 Å². The number of halogens is 3. The molecule has 0 saturated carbocycles. The van der Waals surface area contributed by atoms with Gasteiger partial charge in [-0.15, -0.1) is 24.8 Å². The van der Waals surface area contributed by atoms with Crippen LogP contribution in [0.3, 0.4) is 0 Å². The predicted octanol–water partition coefficient (Wildman–Crippen LogP) is 3.41. The van der Waals surface area contributed by atoms with Crippen LogP contribution in [0.5, 0.6) is 5.75 Å². The summed E-state index contributed by atoms with van der Waals surface area (Å²) >= 11 is 0. The van der Waals surface area contributed by atoms with Gasteiger partial charge in [-0.1, -0.05) is 0 Å². The van der Waals surface area contributed by atoms with Crippen LogP contribution in [0.25, 0.3) is 0 Å². The molecule has 0 bridgehead atoms. The van der Waals surface area contributed by atoms with E-state index in [-0.39, 0.29) is 36.5 Å². The van der Waals surface area contributed by atoms with Crippen molar-refractivity contribution in [1.29, 1.82) is 0 Å². The smallest absolute Gasteiger partial charge is 0.220 e. The molecule has 1 amide bonds. The SMILES string of the molecule is Cl.Cl.O=C(CCC1CCNCC1)NC1CCN(CCOc2ccc(F)cc2)CC1. The van der Waals surface area contributed by atoms with Crippen molar-refractivity contribution in [3.8, 4) is 5.75 Å². The van der Waals surface area contributed by atoms with Gasteiger partial charge in [-0.2, -0.15) is 0 Å². The molecule has 2 aliphatic rings. The fourth-order valence-electron chi connectivity index (χ4n) is 3.93. The minimum absolute atomic E-state index is 0. The molecule has 2 aliphatic heterocycles. The first kappa shape index (κ1) is 26.0. The third-order valence-electron chi connectivity index (χ3n) is 5.68. The lowest BCUT2D eigenvalue weighted by molar-refractivity contribution is -0.122. The Bertz CT molecular complexity index is 578. The minimum Gasteiger partial charge on any atom is -0.492 e. The Morgan fingerprint density at radius 1 is 1.10 bits per heavy atom. The molecule has 2 saturated heterocycles. The number of amides is 1. The van der Waals surface area contributed by atoms with Crippen molar-refractivity contribution in [3.05, 3.63) is 30.1 Å². The highest BCUT2D eigenvalue weighted by molar-refractivity contribution is 5.85. The molecule has 1 aromatic rings. The zero-order chi connectivity index (χ0) is 18.9. The largest absolute Gasteiger partial charge is 0.492 e. The maximum absolute atomic E-state index is 12.9. The van der Waals surface area contributed by atoms with Gasteiger partial charge in [-0.25, -0.2) is 4.39 Å². The van der Waals surface area contributed by atoms with Crippen molar-refractivity contribution >= 4 is 30.7 Å². The molecular weight excluding hydrogens is 416 g/mol. The van der Waals surface area contributed by atoms with Crippen LogP contribution in [-0.2, 0) is 4.79 Å². The molecule has 0 aliphatic carbocycles. The summed E-state index contributed by atoms with van der Waals surface area (Å²) < 4.78 is 18.5. The molecule has 166 valence electrons. The standard InChI is InChI=1S/C21H32FN3O2.2ClH/c22-18-2-4-20(5-3-18)27-16-15-25-13-9-19(10-14-25)24-21(26)6-1-17-7-11-23-12-8-17;;/h2-5,17,19,23H,1,6-16H2,(H,24,26);2*1H. The molecule has 2 heterocycles. The third-order valence-corrected chi connectivity index (χ3v) is 5.68. The Kier molecular flexibility index (Phi) is 12.5. The van der Waals surface area contributed by atoms with Crippen molar-refractivity contribution in [2.75, 3.05) is 39.3 Å². The van der Waals surface area contributed by atoms with Crippen LogP contribution < -0.4 is 15.4 Å². The lowest BCUT2D eigenvalue weighted by Gasteiger charge is -2.32. The average molecular weight is 450 g/mol. The molecule has 0 spiro atoms. The van der Waals surface area contributed by atoms with Gasteiger partial charge in [0.1, 0.15) is 18.2 Å². The number of piperidine rings is 2. The van der Waals surface area contributed by atoms with Gasteiger partial charge in [-0.3, -0.25) is 9.69 Å². The zero-order valence-electron chi connectivity index (χ0n) is 16.9. The maximum Gasteiger partial charge on any atom is 0.220 e. The number of carbonyl (C=O) groups excluding carboxylic acids is 1. The Morgan fingerprint density at radius 3 is 2.41 bits per heavy atom. The van der Waals surface area contributed by atoms with Crippen molar-refractivity contribution in [1.82, 2.24) is 15.5 Å². The molecule has 8 heteroatoms. The number of rotatable bonds is 8. The number of nitrogens with zero attached hydrogens (tertiary/aromatic N) is 1. The molecule has 0 unspecified atom stereocenters. The summed E-state index contributed by atoms with van der Waals surface area (Å²) in [5.74, 6) is 1.38. The topological polar surface area (TPSA) is 53.6 Å². The molecule has 3 rings (SSSR count). The van der Waals surface area contributed by atoms with E-state index in [0.717, 1.165) is 52.0 Å². The number of benzene rings is 1. The van der Waals surface area contributed by atoms with Gasteiger partial charge in [-0.05, 0) is 75.4 Å². The van der Waals surface area contributed by atoms with Gasteiger partial charge in [0.2, 0.25) is 5.91 Å². The van der Waals surface area contributed by atoms with Gasteiger partial charge < -0.3 is 15.4 Å². The highest BCUT2D eigenvalue weighted by Gasteiger charge is 2.21. The summed E-state index contributed by atoms with van der Waals surface area (Å²) in [6.07, 6.45) is 6.08. The van der Waals surface area contributed by atoms with Crippen molar-refractivity contribution in [2.24, 2.45) is 5.92 Å². The highest BCUT2D eigenvalue weighted by atomic mass is 35.5. The molecule has 1 aromatic carbocycles. The lowest BCUT2D eigenvalue weighted by Crippen LogP contribution is -2.45. The van der Waals surface area contributed by atoms with Crippen LogP contribution in [0.15, 0.2) is 24.3 Å².